The Balaban J connectivity index is 0.805. The van der Waals surface area contributed by atoms with Gasteiger partial charge in [-0.2, -0.15) is 0 Å². The van der Waals surface area contributed by atoms with E-state index in [-0.39, 0.29) is 107 Å². The molecule has 0 bridgehead atoms. The van der Waals surface area contributed by atoms with Gasteiger partial charge in [-0.15, -0.1) is 0 Å². The average Bonchev–Trinajstić information content (AvgIpc) is 3.98. The zero-order chi connectivity index (χ0) is 53.6. The lowest BCUT2D eigenvalue weighted by atomic mass is 9.81. The largest absolute Gasteiger partial charge is 0.458 e. The summed E-state index contributed by atoms with van der Waals surface area (Å²) in [4.78, 5) is 134. The molecule has 0 saturated heterocycles. The smallest absolute Gasteiger partial charge is 0.343 e. The molecule has 394 valence electrons. The molecule has 5 N–H and O–H groups in total. The lowest BCUT2D eigenvalue weighted by Gasteiger charge is -2.31. The molecule has 20 nitrogen and oxygen atoms in total. The molecule has 1 aliphatic carbocycles. The number of halogens is 1. The quantitative estimate of drug-likeness (QED) is 0.0257. The van der Waals surface area contributed by atoms with Crippen LogP contribution in [-0.4, -0.2) is 105 Å². The van der Waals surface area contributed by atoms with E-state index in [9.17, 15) is 53.1 Å². The van der Waals surface area contributed by atoms with Crippen molar-refractivity contribution in [1.82, 2.24) is 35.7 Å². The maximum absolute atomic E-state index is 15.4. The van der Waals surface area contributed by atoms with Crippen molar-refractivity contribution in [3.8, 4) is 11.4 Å². The number of benzene rings is 2. The highest BCUT2D eigenvalue weighted by molar-refractivity contribution is 6.12. The second-order valence-electron chi connectivity index (χ2n) is 19.1. The van der Waals surface area contributed by atoms with Crippen molar-refractivity contribution in [1.29, 1.82) is 0 Å². The van der Waals surface area contributed by atoms with Gasteiger partial charge in [-0.1, -0.05) is 43.7 Å². The number of aromatic nitrogens is 2. The van der Waals surface area contributed by atoms with Crippen LogP contribution in [0.4, 0.5) is 4.39 Å². The number of fused-ring (bicyclic) bond motifs is 5. The number of hydrogen-bond donors (Lipinski definition) is 5. The van der Waals surface area contributed by atoms with Gasteiger partial charge in [-0.25, -0.2) is 14.2 Å². The summed E-state index contributed by atoms with van der Waals surface area (Å²) in [5.41, 5.74) is 1.98. The minimum Gasteiger partial charge on any atom is -0.458 e. The molecule has 75 heavy (non-hydrogen) atoms. The fourth-order valence-electron chi connectivity index (χ4n) is 10.1. The average molecular weight is 1030 g/mol. The van der Waals surface area contributed by atoms with Gasteiger partial charge >= 0.3 is 5.97 Å². The van der Waals surface area contributed by atoms with E-state index in [0.29, 0.717) is 71.1 Å². The Hall–Kier alpha value is -7.78. The number of aliphatic hydroxyl groups is 1. The molecule has 5 heterocycles. The first-order valence-electron chi connectivity index (χ1n) is 25.1. The van der Waals surface area contributed by atoms with Crippen molar-refractivity contribution in [2.75, 3.05) is 26.4 Å². The number of amides is 6. The molecule has 3 aliphatic heterocycles. The molecule has 4 aromatic rings. The van der Waals surface area contributed by atoms with E-state index in [0.717, 1.165) is 16.0 Å². The van der Waals surface area contributed by atoms with Crippen LogP contribution in [0.15, 0.2) is 59.4 Å². The van der Waals surface area contributed by atoms with Crippen LogP contribution in [-0.2, 0) is 84.2 Å². The summed E-state index contributed by atoms with van der Waals surface area (Å²) in [6, 6.07) is 10.2. The van der Waals surface area contributed by atoms with E-state index in [2.05, 4.69) is 21.3 Å². The van der Waals surface area contributed by atoms with Gasteiger partial charge in [0.15, 0.2) is 17.2 Å². The van der Waals surface area contributed by atoms with Gasteiger partial charge in [0.05, 0.1) is 47.6 Å². The summed E-state index contributed by atoms with van der Waals surface area (Å²) in [6.07, 6.45) is 4.11. The first-order chi connectivity index (χ1) is 36.0. The van der Waals surface area contributed by atoms with Crippen LogP contribution in [0.25, 0.3) is 22.3 Å². The summed E-state index contributed by atoms with van der Waals surface area (Å²) in [7, 11) is 0. The molecular weight excluding hydrogens is 974 g/mol. The summed E-state index contributed by atoms with van der Waals surface area (Å²) in [5.74, 6) is -4.88. The van der Waals surface area contributed by atoms with Gasteiger partial charge in [0.25, 0.3) is 17.4 Å². The second-order valence-corrected chi connectivity index (χ2v) is 19.1. The number of ketones is 2. The minimum atomic E-state index is -2.05. The van der Waals surface area contributed by atoms with Crippen LogP contribution in [0.3, 0.4) is 0 Å². The van der Waals surface area contributed by atoms with Crippen molar-refractivity contribution >= 4 is 63.9 Å². The van der Waals surface area contributed by atoms with Gasteiger partial charge in [0.1, 0.15) is 25.8 Å². The molecule has 0 unspecified atom stereocenters. The molecule has 0 spiro atoms. The van der Waals surface area contributed by atoms with Crippen molar-refractivity contribution in [3.05, 3.63) is 110 Å². The van der Waals surface area contributed by atoms with Crippen molar-refractivity contribution in [2.24, 2.45) is 0 Å². The standard InChI is InChI=1S/C54H58FN7O13/c1-3-54(73)36-23-41-51-34(26-62(41)52(71)35(36)27-75-53(54)72)50-38(15-14-33-30(2)37(55)24-40(60-51)49(33)50)58-46(68)28-74-29-57-44(66)18-16-42(64)39(22-31-10-6-4-7-11-31)59-45(67)17-13-32(63)25-56-43(65)12-8-5-9-21-61-47(69)19-20-48(61)70/h4,6-7,10-11,19-20,23-24,38-39,73H,3,5,8-9,12-18,21-22,25-29H2,1-2H3,(H,56,65)(H,57,66)(H,58,68)(H,59,67)/t38-,39-,54-/m0/s1. The highest BCUT2D eigenvalue weighted by Crippen LogP contribution is 2.46. The maximum Gasteiger partial charge on any atom is 0.343 e. The number of pyridine rings is 2. The van der Waals surface area contributed by atoms with Crippen molar-refractivity contribution < 1.29 is 62.1 Å². The molecule has 21 heteroatoms. The van der Waals surface area contributed by atoms with Crippen molar-refractivity contribution in [3.63, 3.8) is 0 Å². The van der Waals surface area contributed by atoms with Crippen LogP contribution in [0.1, 0.15) is 116 Å². The molecule has 3 atom stereocenters. The SMILES string of the molecule is CC[C@@]1(O)C(=O)OCc2c1cc1n(c2=O)Cc2c-1nc1cc(F)c(C)c3c1c2[C@@H](NC(=O)COCNC(=O)CCC(=O)[C@H](Cc1ccccc1)NC(=O)CCC(=O)CNC(=O)CCCCCN1C(=O)C=CC1=O)CC3. The Bertz CT molecular complexity index is 3080. The zero-order valence-corrected chi connectivity index (χ0v) is 41.6. The maximum atomic E-state index is 15.4. The normalized spacial score (nSPS) is 17.5. The van der Waals surface area contributed by atoms with E-state index in [1.165, 1.54) is 22.8 Å². The molecule has 2 aromatic carbocycles. The number of imide groups is 1. The summed E-state index contributed by atoms with van der Waals surface area (Å²) in [5, 5.41) is 22.8. The van der Waals surface area contributed by atoms with Crippen molar-refractivity contribution in [2.45, 2.75) is 122 Å². The fraction of sp³-hybridized carbons (Fsp3) is 0.426. The number of nitrogens with zero attached hydrogens (tertiary/aromatic N) is 3. The predicted molar refractivity (Wildman–Crippen MR) is 265 cm³/mol. The lowest BCUT2D eigenvalue weighted by Crippen LogP contribution is -2.44. The Morgan fingerprint density at radius 3 is 2.36 bits per heavy atom. The van der Waals surface area contributed by atoms with Gasteiger partial charge in [0.2, 0.25) is 23.6 Å². The van der Waals surface area contributed by atoms with Crippen LogP contribution in [0.2, 0.25) is 0 Å². The molecule has 0 radical (unpaired) electrons. The number of esters is 1. The van der Waals surface area contributed by atoms with E-state index in [4.69, 9.17) is 14.5 Å². The number of carbonyl (C=O) groups excluding carboxylic acids is 9. The Morgan fingerprint density at radius 1 is 0.880 bits per heavy atom. The Labute approximate surface area is 429 Å². The van der Waals surface area contributed by atoms with Gasteiger partial charge in [0, 0.05) is 73.4 Å². The zero-order valence-electron chi connectivity index (χ0n) is 41.6. The van der Waals surface area contributed by atoms with E-state index >= 15 is 4.39 Å². The summed E-state index contributed by atoms with van der Waals surface area (Å²) >= 11 is 0. The Morgan fingerprint density at radius 2 is 1.61 bits per heavy atom. The molecule has 8 rings (SSSR count). The fourth-order valence-corrected chi connectivity index (χ4v) is 10.1. The molecule has 0 saturated carbocycles. The highest BCUT2D eigenvalue weighted by Gasteiger charge is 2.46. The summed E-state index contributed by atoms with van der Waals surface area (Å²) in [6.45, 7) is 2.16. The number of cyclic esters (lactones) is 1. The third-order valence-electron chi connectivity index (χ3n) is 14.2. The first-order valence-corrected chi connectivity index (χ1v) is 25.1. The Kier molecular flexibility index (Phi) is 16.5. The van der Waals surface area contributed by atoms with Crippen LogP contribution in [0.5, 0.6) is 0 Å². The third-order valence-corrected chi connectivity index (χ3v) is 14.2. The first kappa shape index (κ1) is 53.5. The number of unbranched alkanes of at least 4 members (excludes halogenated alkanes) is 2. The number of Topliss-reactive ketones (excluding diaryl/α,β-unsaturated/α-hetero) is 2. The van der Waals surface area contributed by atoms with Crippen LogP contribution < -0.4 is 26.8 Å². The molecule has 6 amide bonds. The minimum absolute atomic E-state index is 0.0455. The molecule has 0 fully saturated rings. The molecule has 2 aromatic heterocycles. The van der Waals surface area contributed by atoms with E-state index in [1.54, 1.807) is 50.2 Å². The predicted octanol–water partition coefficient (Wildman–Crippen LogP) is 2.75. The van der Waals surface area contributed by atoms with E-state index in [1.807, 2.05) is 0 Å². The number of rotatable bonds is 24. The number of aryl methyl sites for hydroxylation is 1. The number of hydrogen-bond acceptors (Lipinski definition) is 14. The molecular formula is C54H58FN7O13. The highest BCUT2D eigenvalue weighted by atomic mass is 19.1. The van der Waals surface area contributed by atoms with E-state index < -0.39 is 70.9 Å². The van der Waals surface area contributed by atoms with Gasteiger partial charge in [-0.05, 0) is 73.8 Å². The van der Waals surface area contributed by atoms with Gasteiger partial charge < -0.3 is 40.4 Å². The molecule has 4 aliphatic rings. The second kappa shape index (κ2) is 23.2. The van der Waals surface area contributed by atoms with Crippen LogP contribution >= 0.6 is 0 Å². The monoisotopic (exact) mass is 1030 g/mol. The topological polar surface area (TPSA) is 279 Å². The lowest BCUT2D eigenvalue weighted by molar-refractivity contribution is -0.172. The van der Waals surface area contributed by atoms with Gasteiger partial charge in [-0.3, -0.25) is 48.1 Å². The number of nitrogens with one attached hydrogen (secondary N) is 4. The number of carbonyl (C=O) groups is 9. The summed E-state index contributed by atoms with van der Waals surface area (Å²) < 4.78 is 27.6. The van der Waals surface area contributed by atoms with Crippen LogP contribution in [0, 0.1) is 12.7 Å². The third kappa shape index (κ3) is 11.8. The number of ether oxygens (including phenoxy) is 2.